The number of nitrogen functional groups attached to an aromatic ring is 1. The molecule has 0 radical (unpaired) electrons. The molecule has 0 bridgehead atoms. The zero-order valence-electron chi connectivity index (χ0n) is 16.1. The first-order valence-electron chi connectivity index (χ1n) is 9.37. The third-order valence-corrected chi connectivity index (χ3v) is 5.22. The summed E-state index contributed by atoms with van der Waals surface area (Å²) in [5, 5.41) is 2.36. The minimum atomic E-state index is 0.422. The lowest BCUT2D eigenvalue weighted by atomic mass is 10.1. The van der Waals surface area contributed by atoms with E-state index in [-0.39, 0.29) is 0 Å². The van der Waals surface area contributed by atoms with Gasteiger partial charge in [-0.2, -0.15) is 0 Å². The molecular formula is C24H16ClN5. The van der Waals surface area contributed by atoms with Crippen LogP contribution in [0, 0.1) is 18.8 Å². The number of aryl methyl sites for hydroxylation is 1. The molecule has 144 valence electrons. The van der Waals surface area contributed by atoms with Gasteiger partial charge in [-0.15, -0.1) is 0 Å². The van der Waals surface area contributed by atoms with Crippen molar-refractivity contribution in [3.63, 3.8) is 0 Å². The molecule has 0 aliphatic heterocycles. The van der Waals surface area contributed by atoms with Crippen molar-refractivity contribution < 1.29 is 0 Å². The van der Waals surface area contributed by atoms with E-state index in [0.29, 0.717) is 16.7 Å². The number of nitrogens with zero attached hydrogens (tertiary/aromatic N) is 4. The SMILES string of the molecule is Cc1nc2ccccn2c1-c1ccc(N)nc1C#Cc1ccc2c(Cl)nccc2c1. The van der Waals surface area contributed by atoms with Gasteiger partial charge in [-0.1, -0.05) is 29.7 Å². The Morgan fingerprint density at radius 2 is 1.90 bits per heavy atom. The van der Waals surface area contributed by atoms with E-state index in [9.17, 15) is 0 Å². The van der Waals surface area contributed by atoms with Crippen LogP contribution in [0.5, 0.6) is 0 Å². The number of pyridine rings is 3. The van der Waals surface area contributed by atoms with Crippen molar-refractivity contribution in [1.82, 2.24) is 19.4 Å². The Labute approximate surface area is 178 Å². The minimum Gasteiger partial charge on any atom is -0.384 e. The normalized spacial score (nSPS) is 10.9. The number of halogens is 1. The van der Waals surface area contributed by atoms with Gasteiger partial charge in [0.25, 0.3) is 0 Å². The molecule has 0 spiro atoms. The number of hydrogen-bond acceptors (Lipinski definition) is 4. The zero-order valence-corrected chi connectivity index (χ0v) is 16.9. The molecule has 0 aliphatic carbocycles. The summed E-state index contributed by atoms with van der Waals surface area (Å²) in [5.41, 5.74) is 11.1. The van der Waals surface area contributed by atoms with Crippen molar-refractivity contribution in [2.24, 2.45) is 0 Å². The summed E-state index contributed by atoms with van der Waals surface area (Å²) in [5.74, 6) is 6.83. The number of anilines is 1. The molecule has 2 N–H and O–H groups in total. The van der Waals surface area contributed by atoms with Crippen LogP contribution >= 0.6 is 11.6 Å². The van der Waals surface area contributed by atoms with Gasteiger partial charge in [0, 0.05) is 28.9 Å². The van der Waals surface area contributed by atoms with Crippen LogP contribution in [0.3, 0.4) is 0 Å². The van der Waals surface area contributed by atoms with Crippen molar-refractivity contribution >= 4 is 33.8 Å². The Balaban J connectivity index is 1.65. The molecule has 5 rings (SSSR count). The number of fused-ring (bicyclic) bond motifs is 2. The fourth-order valence-corrected chi connectivity index (χ4v) is 3.78. The minimum absolute atomic E-state index is 0.422. The van der Waals surface area contributed by atoms with Gasteiger partial charge < -0.3 is 5.73 Å². The number of benzene rings is 1. The molecular weight excluding hydrogens is 394 g/mol. The molecule has 0 saturated carbocycles. The van der Waals surface area contributed by atoms with Gasteiger partial charge >= 0.3 is 0 Å². The molecule has 0 fully saturated rings. The fourth-order valence-electron chi connectivity index (χ4n) is 3.55. The van der Waals surface area contributed by atoms with E-state index in [0.717, 1.165) is 38.9 Å². The number of aromatic nitrogens is 4. The second kappa shape index (κ2) is 7.18. The summed E-state index contributed by atoms with van der Waals surface area (Å²) >= 11 is 6.16. The summed E-state index contributed by atoms with van der Waals surface area (Å²) in [6, 6.07) is 17.4. The lowest BCUT2D eigenvalue weighted by Gasteiger charge is -2.07. The molecule has 0 unspecified atom stereocenters. The Morgan fingerprint density at radius 3 is 2.80 bits per heavy atom. The van der Waals surface area contributed by atoms with Crippen molar-refractivity contribution in [3.8, 4) is 23.1 Å². The molecule has 0 atom stereocenters. The maximum atomic E-state index is 6.16. The summed E-state index contributed by atoms with van der Waals surface area (Å²) in [4.78, 5) is 13.3. The Bertz CT molecular complexity index is 1490. The molecule has 1 aromatic carbocycles. The van der Waals surface area contributed by atoms with Gasteiger partial charge in [0.15, 0.2) is 0 Å². The van der Waals surface area contributed by atoms with Gasteiger partial charge in [-0.3, -0.25) is 4.40 Å². The van der Waals surface area contributed by atoms with E-state index in [1.165, 1.54) is 0 Å². The maximum Gasteiger partial charge on any atom is 0.137 e. The van der Waals surface area contributed by atoms with Crippen molar-refractivity contribution in [2.45, 2.75) is 6.92 Å². The first-order chi connectivity index (χ1) is 14.6. The van der Waals surface area contributed by atoms with Crippen molar-refractivity contribution in [1.29, 1.82) is 0 Å². The first-order valence-corrected chi connectivity index (χ1v) is 9.75. The standard InChI is InChI=1S/C24H16ClN5/c1-15-23(30-13-3-2-4-22(30)28-15)19-8-10-21(26)29-20(19)9-6-16-5-7-18-17(14-16)11-12-27-24(18)25/h2-5,7-8,10-14H,1H3,(H2,26,29). The average Bonchev–Trinajstić information content (AvgIpc) is 3.08. The van der Waals surface area contributed by atoms with Crippen LogP contribution in [0.1, 0.15) is 17.0 Å². The summed E-state index contributed by atoms with van der Waals surface area (Å²) in [7, 11) is 0. The highest BCUT2D eigenvalue weighted by molar-refractivity contribution is 6.34. The van der Waals surface area contributed by atoms with Crippen LogP contribution in [0.25, 0.3) is 27.7 Å². The van der Waals surface area contributed by atoms with Crippen LogP contribution < -0.4 is 5.73 Å². The summed E-state index contributed by atoms with van der Waals surface area (Å²) in [6.45, 7) is 1.98. The van der Waals surface area contributed by atoms with Gasteiger partial charge in [-0.25, -0.2) is 15.0 Å². The van der Waals surface area contributed by atoms with E-state index < -0.39 is 0 Å². The largest absolute Gasteiger partial charge is 0.384 e. The number of rotatable bonds is 1. The van der Waals surface area contributed by atoms with E-state index in [1.807, 2.05) is 66.1 Å². The van der Waals surface area contributed by atoms with Gasteiger partial charge in [0.1, 0.15) is 22.3 Å². The highest BCUT2D eigenvalue weighted by Gasteiger charge is 2.14. The van der Waals surface area contributed by atoms with Crippen molar-refractivity contribution in [2.75, 3.05) is 5.73 Å². The lowest BCUT2D eigenvalue weighted by Crippen LogP contribution is -1.98. The third-order valence-electron chi connectivity index (χ3n) is 4.92. The van der Waals surface area contributed by atoms with E-state index in [4.69, 9.17) is 17.3 Å². The van der Waals surface area contributed by atoms with Crippen LogP contribution in [0.2, 0.25) is 5.15 Å². The van der Waals surface area contributed by atoms with E-state index >= 15 is 0 Å². The van der Waals surface area contributed by atoms with E-state index in [2.05, 4.69) is 26.8 Å². The Hall–Kier alpha value is -3.88. The topological polar surface area (TPSA) is 69.1 Å². The number of nitrogens with two attached hydrogens (primary N) is 1. The maximum absolute atomic E-state index is 6.16. The van der Waals surface area contributed by atoms with E-state index in [1.54, 1.807) is 12.3 Å². The Kier molecular flexibility index (Phi) is 4.35. The first kappa shape index (κ1) is 18.2. The highest BCUT2D eigenvalue weighted by Crippen LogP contribution is 2.28. The predicted molar refractivity (Wildman–Crippen MR) is 120 cm³/mol. The zero-order chi connectivity index (χ0) is 20.7. The summed E-state index contributed by atoms with van der Waals surface area (Å²) in [6.07, 6.45) is 3.67. The van der Waals surface area contributed by atoms with Gasteiger partial charge in [-0.05, 0) is 60.7 Å². The average molecular weight is 410 g/mol. The van der Waals surface area contributed by atoms with Crippen LogP contribution in [-0.4, -0.2) is 19.4 Å². The quantitative estimate of drug-likeness (QED) is 0.316. The second-order valence-electron chi connectivity index (χ2n) is 6.89. The fraction of sp³-hybridized carbons (Fsp3) is 0.0417. The van der Waals surface area contributed by atoms with Crippen LogP contribution in [0.15, 0.2) is 67.0 Å². The lowest BCUT2D eigenvalue weighted by molar-refractivity contribution is 1.17. The predicted octanol–water partition coefficient (Wildman–Crippen LogP) is 4.89. The van der Waals surface area contributed by atoms with Gasteiger partial charge in [0.2, 0.25) is 0 Å². The van der Waals surface area contributed by atoms with Gasteiger partial charge in [0.05, 0.1) is 11.4 Å². The third kappa shape index (κ3) is 3.14. The molecule has 5 aromatic rings. The monoisotopic (exact) mass is 409 g/mol. The number of imidazole rings is 1. The molecule has 4 heterocycles. The molecule has 6 heteroatoms. The van der Waals surface area contributed by atoms with Crippen LogP contribution in [0.4, 0.5) is 5.82 Å². The number of hydrogen-bond donors (Lipinski definition) is 1. The molecule has 5 nitrogen and oxygen atoms in total. The highest BCUT2D eigenvalue weighted by atomic mass is 35.5. The summed E-state index contributed by atoms with van der Waals surface area (Å²) < 4.78 is 2.04. The molecule has 0 saturated heterocycles. The Morgan fingerprint density at radius 1 is 1.00 bits per heavy atom. The van der Waals surface area contributed by atoms with Crippen LogP contribution in [-0.2, 0) is 0 Å². The smallest absolute Gasteiger partial charge is 0.137 e. The second-order valence-corrected chi connectivity index (χ2v) is 7.25. The molecule has 0 aliphatic rings. The molecule has 4 aromatic heterocycles. The molecule has 0 amide bonds. The van der Waals surface area contributed by atoms with Crippen molar-refractivity contribution in [3.05, 3.63) is 89.1 Å². The molecule has 30 heavy (non-hydrogen) atoms.